The quantitative estimate of drug-likeness (QED) is 0.382. The molecule has 136 valence electrons. The Morgan fingerprint density at radius 1 is 1.00 bits per heavy atom. The van der Waals surface area contributed by atoms with Crippen molar-refractivity contribution in [1.29, 1.82) is 0 Å². The van der Waals surface area contributed by atoms with E-state index in [4.69, 9.17) is 18.9 Å². The number of hydrogen-bond acceptors (Lipinski definition) is 8. The highest BCUT2D eigenvalue weighted by Gasteiger charge is 2.52. The summed E-state index contributed by atoms with van der Waals surface area (Å²) < 4.78 is 21.4. The largest absolute Gasteiger partial charge is 0.461 e. The van der Waals surface area contributed by atoms with Gasteiger partial charge in [0.2, 0.25) is 0 Å². The molecule has 3 unspecified atom stereocenters. The van der Waals surface area contributed by atoms with Gasteiger partial charge in [-0.05, 0) is 0 Å². The predicted octanol–water partition coefficient (Wildman–Crippen LogP) is -2.56. The summed E-state index contributed by atoms with van der Waals surface area (Å²) >= 11 is 0. The molecule has 0 spiro atoms. The molecule has 0 bridgehead atoms. The number of nitrogens with one attached hydrogen (secondary N) is 2. The molecule has 4 heterocycles. The fourth-order valence-corrected chi connectivity index (χ4v) is 2.93. The third-order valence-electron chi connectivity index (χ3n) is 4.39. The lowest BCUT2D eigenvalue weighted by molar-refractivity contribution is -0.157. The normalized spacial score (nSPS) is 28.9. The first-order valence-corrected chi connectivity index (χ1v) is 7.96. The summed E-state index contributed by atoms with van der Waals surface area (Å²) in [6.45, 7) is 1.37. The first-order valence-electron chi connectivity index (χ1n) is 7.96. The van der Waals surface area contributed by atoms with E-state index < -0.39 is 28.6 Å². The Labute approximate surface area is 139 Å². The van der Waals surface area contributed by atoms with Crippen LogP contribution in [-0.4, -0.2) is 65.2 Å². The number of epoxide rings is 3. The maximum absolute atomic E-state index is 12.9. The molecule has 11 heteroatoms. The third kappa shape index (κ3) is 3.43. The fourth-order valence-electron chi connectivity index (χ4n) is 2.93. The maximum atomic E-state index is 12.9. The number of nitrogens with zero attached hydrogens (tertiary/aromatic N) is 1. The zero-order valence-corrected chi connectivity index (χ0v) is 13.2. The van der Waals surface area contributed by atoms with Gasteiger partial charge in [0.05, 0.1) is 32.0 Å². The minimum absolute atomic E-state index is 0.0354. The van der Waals surface area contributed by atoms with Crippen LogP contribution >= 0.6 is 0 Å². The average molecular weight is 355 g/mol. The Morgan fingerprint density at radius 2 is 1.48 bits per heavy atom. The SMILES string of the molecule is O=C(OCC1CO1)C(CC1CO1)(CC1CO1)n1c(=O)[nH]c(=O)[nH]c1=O. The minimum atomic E-state index is -1.62. The first-order chi connectivity index (χ1) is 12.0. The Bertz CT molecular complexity index is 794. The van der Waals surface area contributed by atoms with Crippen LogP contribution < -0.4 is 17.1 Å². The molecule has 11 nitrogen and oxygen atoms in total. The molecule has 3 saturated heterocycles. The molecular formula is C14H17N3O8. The highest BCUT2D eigenvalue weighted by Crippen LogP contribution is 2.36. The van der Waals surface area contributed by atoms with Crippen molar-refractivity contribution in [3.8, 4) is 0 Å². The van der Waals surface area contributed by atoms with Crippen LogP contribution in [0.4, 0.5) is 0 Å². The van der Waals surface area contributed by atoms with Crippen molar-refractivity contribution in [2.75, 3.05) is 26.4 Å². The van der Waals surface area contributed by atoms with Gasteiger partial charge in [-0.15, -0.1) is 0 Å². The molecule has 0 radical (unpaired) electrons. The van der Waals surface area contributed by atoms with Gasteiger partial charge in [-0.25, -0.2) is 23.7 Å². The van der Waals surface area contributed by atoms with Gasteiger partial charge in [0.15, 0.2) is 5.54 Å². The Hall–Kier alpha value is -2.24. The predicted molar refractivity (Wildman–Crippen MR) is 79.3 cm³/mol. The number of aromatic amines is 2. The summed E-state index contributed by atoms with van der Waals surface area (Å²) in [5.41, 5.74) is -4.51. The first kappa shape index (κ1) is 16.2. The zero-order valence-electron chi connectivity index (χ0n) is 13.2. The molecule has 4 rings (SSSR count). The molecule has 0 saturated carbocycles. The van der Waals surface area contributed by atoms with Gasteiger partial charge in [-0.3, -0.25) is 9.97 Å². The van der Waals surface area contributed by atoms with Crippen LogP contribution in [0.3, 0.4) is 0 Å². The maximum Gasteiger partial charge on any atom is 0.334 e. The van der Waals surface area contributed by atoms with Crippen molar-refractivity contribution < 1.29 is 23.7 Å². The van der Waals surface area contributed by atoms with Crippen molar-refractivity contribution in [3.63, 3.8) is 0 Å². The Morgan fingerprint density at radius 3 is 1.92 bits per heavy atom. The van der Waals surface area contributed by atoms with E-state index >= 15 is 0 Å². The van der Waals surface area contributed by atoms with Crippen molar-refractivity contribution in [3.05, 3.63) is 31.5 Å². The standard InChI is InChI=1S/C14H17N3O8/c18-10(25-6-9-5-24-9)14(1-7-3-22-7,2-8-4-23-8)17-12(20)15-11(19)16-13(17)21/h7-9H,1-6H2,(H2,15,16,19,20,21). The molecule has 2 N–H and O–H groups in total. The summed E-state index contributed by atoms with van der Waals surface area (Å²) in [6, 6.07) is 0. The number of carbonyl (C=O) groups is 1. The van der Waals surface area contributed by atoms with Gasteiger partial charge in [0.1, 0.15) is 12.7 Å². The molecule has 1 aromatic rings. The van der Waals surface area contributed by atoms with E-state index in [1.807, 2.05) is 9.97 Å². The van der Waals surface area contributed by atoms with Crippen LogP contribution in [0.25, 0.3) is 0 Å². The monoisotopic (exact) mass is 355 g/mol. The van der Waals surface area contributed by atoms with Crippen molar-refractivity contribution >= 4 is 5.97 Å². The van der Waals surface area contributed by atoms with E-state index in [9.17, 15) is 19.2 Å². The topological polar surface area (TPSA) is 152 Å². The van der Waals surface area contributed by atoms with Gasteiger partial charge in [0.25, 0.3) is 0 Å². The van der Waals surface area contributed by atoms with Crippen LogP contribution in [0.1, 0.15) is 12.8 Å². The smallest absolute Gasteiger partial charge is 0.334 e. The molecular weight excluding hydrogens is 338 g/mol. The molecule has 1 aromatic heterocycles. The van der Waals surface area contributed by atoms with Crippen LogP contribution in [0.5, 0.6) is 0 Å². The van der Waals surface area contributed by atoms with E-state index in [0.29, 0.717) is 24.4 Å². The molecule has 0 amide bonds. The number of H-pyrrole nitrogens is 2. The molecule has 3 fully saturated rings. The lowest BCUT2D eigenvalue weighted by Crippen LogP contribution is -2.58. The number of rotatable bonds is 8. The lowest BCUT2D eigenvalue weighted by Gasteiger charge is -2.31. The Balaban J connectivity index is 1.77. The van der Waals surface area contributed by atoms with Gasteiger partial charge in [0, 0.05) is 12.8 Å². The van der Waals surface area contributed by atoms with Crippen LogP contribution in [0, 0.1) is 0 Å². The molecule has 3 atom stereocenters. The fraction of sp³-hybridized carbons (Fsp3) is 0.714. The number of aromatic nitrogens is 3. The minimum Gasteiger partial charge on any atom is -0.461 e. The van der Waals surface area contributed by atoms with Crippen LogP contribution in [0.2, 0.25) is 0 Å². The summed E-state index contributed by atoms with van der Waals surface area (Å²) in [5, 5.41) is 0. The van der Waals surface area contributed by atoms with Crippen molar-refractivity contribution in [1.82, 2.24) is 14.5 Å². The molecule has 3 aliphatic rings. The lowest BCUT2D eigenvalue weighted by atomic mass is 9.87. The summed E-state index contributed by atoms with van der Waals surface area (Å²) in [6.07, 6.45) is -0.566. The number of esters is 1. The van der Waals surface area contributed by atoms with Crippen LogP contribution in [-0.2, 0) is 29.3 Å². The van der Waals surface area contributed by atoms with E-state index in [1.165, 1.54) is 0 Å². The highest BCUT2D eigenvalue weighted by atomic mass is 16.6. The van der Waals surface area contributed by atoms with Crippen LogP contribution in [0.15, 0.2) is 14.4 Å². The molecule has 25 heavy (non-hydrogen) atoms. The van der Waals surface area contributed by atoms with Gasteiger partial charge < -0.3 is 18.9 Å². The average Bonchev–Trinajstić information content (AvgIpc) is 3.39. The second-order valence-electron chi connectivity index (χ2n) is 6.43. The number of ether oxygens (including phenoxy) is 4. The molecule has 3 aliphatic heterocycles. The summed E-state index contributed by atoms with van der Waals surface area (Å²) in [4.78, 5) is 52.9. The number of carbonyl (C=O) groups excluding carboxylic acids is 1. The molecule has 0 aromatic carbocycles. The van der Waals surface area contributed by atoms with E-state index in [1.54, 1.807) is 0 Å². The van der Waals surface area contributed by atoms with Crippen molar-refractivity contribution in [2.24, 2.45) is 0 Å². The second kappa shape index (κ2) is 5.93. The van der Waals surface area contributed by atoms with Gasteiger partial charge in [-0.1, -0.05) is 0 Å². The van der Waals surface area contributed by atoms with E-state index in [2.05, 4.69) is 0 Å². The van der Waals surface area contributed by atoms with Gasteiger partial charge >= 0.3 is 23.0 Å². The van der Waals surface area contributed by atoms with E-state index in [0.717, 1.165) is 0 Å². The summed E-state index contributed by atoms with van der Waals surface area (Å²) in [5.74, 6) is -0.742. The third-order valence-corrected chi connectivity index (χ3v) is 4.39. The Kier molecular flexibility index (Phi) is 3.85. The summed E-state index contributed by atoms with van der Waals surface area (Å²) in [7, 11) is 0. The second-order valence-corrected chi connectivity index (χ2v) is 6.43. The van der Waals surface area contributed by atoms with Gasteiger partial charge in [-0.2, -0.15) is 0 Å². The van der Waals surface area contributed by atoms with Crippen molar-refractivity contribution in [2.45, 2.75) is 36.7 Å². The van der Waals surface area contributed by atoms with E-state index in [-0.39, 0.29) is 37.8 Å². The molecule has 0 aliphatic carbocycles. The zero-order chi connectivity index (χ0) is 17.6. The highest BCUT2D eigenvalue weighted by molar-refractivity contribution is 5.79. The number of hydrogen-bond donors (Lipinski definition) is 2.